The molecule has 1 aromatic carbocycles. The monoisotopic (exact) mass is 292 g/mol. The van der Waals surface area contributed by atoms with Gasteiger partial charge in [0.05, 0.1) is 0 Å². The molecule has 1 saturated carbocycles. The third kappa shape index (κ3) is 3.46. The van der Waals surface area contributed by atoms with Crippen LogP contribution in [-0.2, 0) is 5.41 Å². The van der Waals surface area contributed by atoms with Gasteiger partial charge in [-0.15, -0.1) is 0 Å². The van der Waals surface area contributed by atoms with Crippen molar-refractivity contribution in [2.24, 2.45) is 23.6 Å². The zero-order chi connectivity index (χ0) is 15.6. The predicted octanol–water partition coefficient (Wildman–Crippen LogP) is 4.01. The van der Waals surface area contributed by atoms with Gasteiger partial charge in [-0.2, -0.15) is 0 Å². The van der Waals surface area contributed by atoms with E-state index in [1.54, 1.807) is 0 Å². The molecule has 4 atom stereocenters. The largest absolute Gasteiger partial charge is 0.271 e. The second-order valence-corrected chi connectivity index (χ2v) is 7.40. The molecule has 2 rings (SSSR count). The predicted molar refractivity (Wildman–Crippen MR) is 86.2 cm³/mol. The summed E-state index contributed by atoms with van der Waals surface area (Å²) in [5.41, 5.74) is 4.09. The van der Waals surface area contributed by atoms with Gasteiger partial charge in [0.15, 0.2) is 0 Å². The molecule has 4 unspecified atom stereocenters. The number of benzene rings is 1. The first-order valence-corrected chi connectivity index (χ1v) is 8.08. The van der Waals surface area contributed by atoms with E-state index in [1.807, 2.05) is 12.1 Å². The van der Waals surface area contributed by atoms with Crippen molar-refractivity contribution in [1.29, 1.82) is 0 Å². The van der Waals surface area contributed by atoms with Crippen LogP contribution < -0.4 is 11.3 Å². The van der Waals surface area contributed by atoms with Crippen LogP contribution in [0.25, 0.3) is 0 Å². The highest BCUT2D eigenvalue weighted by molar-refractivity contribution is 5.27. The lowest BCUT2D eigenvalue weighted by atomic mass is 9.65. The van der Waals surface area contributed by atoms with E-state index in [9.17, 15) is 4.39 Å². The summed E-state index contributed by atoms with van der Waals surface area (Å²) in [5, 5.41) is 0. The lowest BCUT2D eigenvalue weighted by Crippen LogP contribution is -2.53. The minimum Gasteiger partial charge on any atom is -0.271 e. The molecule has 3 heteroatoms. The third-order valence-corrected chi connectivity index (χ3v) is 5.66. The molecule has 0 spiro atoms. The summed E-state index contributed by atoms with van der Waals surface area (Å²) in [6.07, 6.45) is 3.69. The van der Waals surface area contributed by atoms with Crippen LogP contribution in [0.1, 0.15) is 52.5 Å². The summed E-state index contributed by atoms with van der Waals surface area (Å²) in [6.45, 7) is 9.09. The van der Waals surface area contributed by atoms with Crippen molar-refractivity contribution in [2.45, 2.75) is 58.4 Å². The van der Waals surface area contributed by atoms with Gasteiger partial charge in [0.25, 0.3) is 0 Å². The first kappa shape index (κ1) is 16.4. The molecule has 0 amide bonds. The summed E-state index contributed by atoms with van der Waals surface area (Å²) in [7, 11) is 0. The fourth-order valence-corrected chi connectivity index (χ4v) is 3.88. The highest BCUT2D eigenvalue weighted by Gasteiger charge is 2.39. The van der Waals surface area contributed by atoms with Crippen molar-refractivity contribution in [3.63, 3.8) is 0 Å². The SMILES string of the molecule is CC1CCC(C(NN)C(C)(C)c2ccc(F)cc2)CC1C. The van der Waals surface area contributed by atoms with Crippen molar-refractivity contribution >= 4 is 0 Å². The van der Waals surface area contributed by atoms with Gasteiger partial charge in [-0.3, -0.25) is 11.3 Å². The van der Waals surface area contributed by atoms with Crippen LogP contribution >= 0.6 is 0 Å². The second-order valence-electron chi connectivity index (χ2n) is 7.40. The fourth-order valence-electron chi connectivity index (χ4n) is 3.88. The van der Waals surface area contributed by atoms with Crippen molar-refractivity contribution in [3.05, 3.63) is 35.6 Å². The minimum absolute atomic E-state index is 0.118. The van der Waals surface area contributed by atoms with E-state index in [-0.39, 0.29) is 17.3 Å². The molecule has 0 heterocycles. The van der Waals surface area contributed by atoms with Crippen LogP contribution in [0.4, 0.5) is 4.39 Å². The van der Waals surface area contributed by atoms with Crippen LogP contribution in [0, 0.1) is 23.6 Å². The lowest BCUT2D eigenvalue weighted by Gasteiger charge is -2.44. The van der Waals surface area contributed by atoms with Crippen LogP contribution in [0.2, 0.25) is 0 Å². The van der Waals surface area contributed by atoms with E-state index in [0.29, 0.717) is 5.92 Å². The summed E-state index contributed by atoms with van der Waals surface area (Å²) >= 11 is 0. The molecule has 0 aromatic heterocycles. The van der Waals surface area contributed by atoms with E-state index >= 15 is 0 Å². The number of nitrogens with two attached hydrogens (primary N) is 1. The standard InChI is InChI=1S/C18H29FN2/c1-12-5-6-14(11-13(12)2)17(21-20)18(3,4)15-7-9-16(19)10-8-15/h7-10,12-14,17,21H,5-6,11,20H2,1-4H3. The smallest absolute Gasteiger partial charge is 0.123 e. The zero-order valence-electron chi connectivity index (χ0n) is 13.7. The van der Waals surface area contributed by atoms with Gasteiger partial charge in [-0.25, -0.2) is 4.39 Å². The molecule has 0 saturated heterocycles. The Morgan fingerprint density at radius 2 is 1.76 bits per heavy atom. The number of hydrazine groups is 1. The molecular formula is C18H29FN2. The zero-order valence-corrected chi connectivity index (χ0v) is 13.7. The first-order chi connectivity index (χ1) is 9.86. The van der Waals surface area contributed by atoms with E-state index in [1.165, 1.54) is 31.4 Å². The van der Waals surface area contributed by atoms with Crippen LogP contribution in [0.15, 0.2) is 24.3 Å². The molecule has 21 heavy (non-hydrogen) atoms. The van der Waals surface area contributed by atoms with Crippen molar-refractivity contribution in [1.82, 2.24) is 5.43 Å². The molecule has 1 fully saturated rings. The van der Waals surface area contributed by atoms with Gasteiger partial charge in [-0.1, -0.05) is 46.2 Å². The molecule has 1 aliphatic rings. The highest BCUT2D eigenvalue weighted by atomic mass is 19.1. The minimum atomic E-state index is -0.188. The van der Waals surface area contributed by atoms with Gasteiger partial charge in [0.2, 0.25) is 0 Å². The highest BCUT2D eigenvalue weighted by Crippen LogP contribution is 2.40. The molecule has 3 N–H and O–H groups in total. The van der Waals surface area contributed by atoms with Crippen LogP contribution in [0.3, 0.4) is 0 Å². The maximum atomic E-state index is 13.2. The Morgan fingerprint density at radius 3 is 2.29 bits per heavy atom. The van der Waals surface area contributed by atoms with Gasteiger partial charge in [-0.05, 0) is 48.3 Å². The van der Waals surface area contributed by atoms with Gasteiger partial charge in [0.1, 0.15) is 5.82 Å². The van der Waals surface area contributed by atoms with E-state index in [2.05, 4.69) is 33.1 Å². The Labute approximate surface area is 128 Å². The number of hydrogen-bond donors (Lipinski definition) is 2. The van der Waals surface area contributed by atoms with Gasteiger partial charge in [0, 0.05) is 11.5 Å². The Morgan fingerprint density at radius 1 is 1.14 bits per heavy atom. The normalized spacial score (nSPS) is 28.4. The van der Waals surface area contributed by atoms with Crippen molar-refractivity contribution in [3.8, 4) is 0 Å². The Bertz CT molecular complexity index is 455. The maximum Gasteiger partial charge on any atom is 0.123 e. The topological polar surface area (TPSA) is 38.0 Å². The first-order valence-electron chi connectivity index (χ1n) is 8.08. The third-order valence-electron chi connectivity index (χ3n) is 5.66. The summed E-state index contributed by atoms with van der Waals surface area (Å²) in [4.78, 5) is 0. The Balaban J connectivity index is 2.21. The molecule has 2 nitrogen and oxygen atoms in total. The molecule has 0 bridgehead atoms. The van der Waals surface area contributed by atoms with Gasteiger partial charge < -0.3 is 0 Å². The summed E-state index contributed by atoms with van der Waals surface area (Å²) < 4.78 is 13.2. The molecular weight excluding hydrogens is 263 g/mol. The average Bonchev–Trinajstić information content (AvgIpc) is 2.44. The van der Waals surface area contributed by atoms with Crippen molar-refractivity contribution < 1.29 is 4.39 Å². The van der Waals surface area contributed by atoms with Crippen molar-refractivity contribution in [2.75, 3.05) is 0 Å². The number of nitrogens with one attached hydrogen (secondary N) is 1. The molecule has 0 aliphatic heterocycles. The average molecular weight is 292 g/mol. The van der Waals surface area contributed by atoms with Gasteiger partial charge >= 0.3 is 0 Å². The number of rotatable bonds is 4. The molecule has 0 radical (unpaired) electrons. The second kappa shape index (κ2) is 6.45. The molecule has 118 valence electrons. The number of halogens is 1. The van der Waals surface area contributed by atoms with E-state index < -0.39 is 0 Å². The maximum absolute atomic E-state index is 13.2. The van der Waals surface area contributed by atoms with E-state index in [0.717, 1.165) is 17.4 Å². The van der Waals surface area contributed by atoms with E-state index in [4.69, 9.17) is 5.84 Å². The molecule has 1 aromatic rings. The Kier molecular flexibility index (Phi) is 5.05. The number of hydrogen-bond acceptors (Lipinski definition) is 2. The fraction of sp³-hybridized carbons (Fsp3) is 0.667. The molecule has 1 aliphatic carbocycles. The lowest BCUT2D eigenvalue weighted by molar-refractivity contribution is 0.136. The Hall–Kier alpha value is -0.930. The summed E-state index contributed by atoms with van der Waals surface area (Å²) in [6, 6.07) is 7.05. The van der Waals surface area contributed by atoms with Crippen LogP contribution in [-0.4, -0.2) is 6.04 Å². The quantitative estimate of drug-likeness (QED) is 0.650. The summed E-state index contributed by atoms with van der Waals surface area (Å²) in [5.74, 6) is 7.83. The van der Waals surface area contributed by atoms with Crippen LogP contribution in [0.5, 0.6) is 0 Å².